The molecule has 3 aromatic rings. The molecule has 8 heteroatoms. The summed E-state index contributed by atoms with van der Waals surface area (Å²) in [5.41, 5.74) is 2.30. The lowest BCUT2D eigenvalue weighted by atomic mass is 10.2. The third-order valence-corrected chi connectivity index (χ3v) is 4.87. The van der Waals surface area contributed by atoms with Crippen LogP contribution >= 0.6 is 11.3 Å². The topological polar surface area (TPSA) is 89.6 Å². The Balaban J connectivity index is 1.71. The molecule has 1 heterocycles. The minimum Gasteiger partial charge on any atom is -0.494 e. The van der Waals surface area contributed by atoms with Crippen molar-refractivity contribution < 1.29 is 19.1 Å². The quantitative estimate of drug-likeness (QED) is 0.567. The minimum atomic E-state index is -0.327. The third-order valence-electron chi connectivity index (χ3n) is 3.98. The summed E-state index contributed by atoms with van der Waals surface area (Å²) in [6.07, 6.45) is 0.108. The summed E-state index contributed by atoms with van der Waals surface area (Å²) in [5, 5.41) is 7.94. The summed E-state index contributed by atoms with van der Waals surface area (Å²) < 4.78 is 10.9. The van der Waals surface area contributed by atoms with Crippen molar-refractivity contribution in [2.24, 2.45) is 0 Å². The highest BCUT2D eigenvalue weighted by molar-refractivity contribution is 7.13. The SMILES string of the molecule is COc1cc(NC(=O)c2csc(-c3ccc(OC(C)C)cc3)n2)ccc1NC(C)=O. The van der Waals surface area contributed by atoms with E-state index in [1.54, 1.807) is 23.6 Å². The van der Waals surface area contributed by atoms with E-state index in [0.717, 1.165) is 16.3 Å². The molecule has 2 amide bonds. The summed E-state index contributed by atoms with van der Waals surface area (Å²) in [5.74, 6) is 0.709. The van der Waals surface area contributed by atoms with E-state index in [0.29, 0.717) is 22.8 Å². The molecule has 0 aliphatic rings. The van der Waals surface area contributed by atoms with Crippen LogP contribution in [0.2, 0.25) is 0 Å². The van der Waals surface area contributed by atoms with Gasteiger partial charge >= 0.3 is 0 Å². The lowest BCUT2D eigenvalue weighted by Crippen LogP contribution is -2.13. The van der Waals surface area contributed by atoms with Gasteiger partial charge in [-0.3, -0.25) is 9.59 Å². The summed E-state index contributed by atoms with van der Waals surface area (Å²) >= 11 is 1.39. The van der Waals surface area contributed by atoms with E-state index >= 15 is 0 Å². The summed E-state index contributed by atoms with van der Waals surface area (Å²) in [7, 11) is 1.50. The smallest absolute Gasteiger partial charge is 0.275 e. The van der Waals surface area contributed by atoms with Crippen molar-refractivity contribution in [1.29, 1.82) is 0 Å². The molecule has 7 nitrogen and oxygen atoms in total. The number of anilines is 2. The predicted molar refractivity (Wildman–Crippen MR) is 119 cm³/mol. The zero-order valence-corrected chi connectivity index (χ0v) is 18.0. The Morgan fingerprint density at radius 3 is 2.43 bits per heavy atom. The molecule has 0 fully saturated rings. The van der Waals surface area contributed by atoms with E-state index in [-0.39, 0.29) is 17.9 Å². The molecule has 0 saturated heterocycles. The van der Waals surface area contributed by atoms with Gasteiger partial charge in [0.25, 0.3) is 5.91 Å². The predicted octanol–water partition coefficient (Wildman–Crippen LogP) is 4.82. The van der Waals surface area contributed by atoms with Gasteiger partial charge < -0.3 is 20.1 Å². The van der Waals surface area contributed by atoms with Gasteiger partial charge in [-0.1, -0.05) is 0 Å². The number of carbonyl (C=O) groups is 2. The summed E-state index contributed by atoms with van der Waals surface area (Å²) in [4.78, 5) is 28.3. The van der Waals surface area contributed by atoms with Crippen LogP contribution in [0.4, 0.5) is 11.4 Å². The number of thiazole rings is 1. The maximum absolute atomic E-state index is 12.6. The van der Waals surface area contributed by atoms with Crippen LogP contribution in [0, 0.1) is 0 Å². The highest BCUT2D eigenvalue weighted by Crippen LogP contribution is 2.29. The highest BCUT2D eigenvalue weighted by atomic mass is 32.1. The van der Waals surface area contributed by atoms with Gasteiger partial charge in [-0.2, -0.15) is 0 Å². The number of benzene rings is 2. The number of methoxy groups -OCH3 is 1. The monoisotopic (exact) mass is 425 g/mol. The van der Waals surface area contributed by atoms with Crippen LogP contribution in [0.1, 0.15) is 31.3 Å². The van der Waals surface area contributed by atoms with E-state index < -0.39 is 0 Å². The lowest BCUT2D eigenvalue weighted by Gasteiger charge is -2.11. The molecule has 156 valence electrons. The lowest BCUT2D eigenvalue weighted by molar-refractivity contribution is -0.114. The molecule has 0 bridgehead atoms. The Kier molecular flexibility index (Phi) is 6.68. The number of rotatable bonds is 7. The number of amides is 2. The molecule has 1 aromatic heterocycles. The van der Waals surface area contributed by atoms with Crippen molar-refractivity contribution >= 4 is 34.5 Å². The molecule has 0 radical (unpaired) electrons. The first-order chi connectivity index (χ1) is 14.4. The number of hydrogen-bond acceptors (Lipinski definition) is 6. The molecule has 0 aliphatic heterocycles. The standard InChI is InChI=1S/C22H23N3O4S/c1-13(2)29-17-8-5-15(6-9-17)22-25-19(12-30-22)21(27)24-16-7-10-18(23-14(3)26)20(11-16)28-4/h5-13H,1-4H3,(H,23,26)(H,24,27). The summed E-state index contributed by atoms with van der Waals surface area (Å²) in [6, 6.07) is 12.6. The Bertz CT molecular complexity index is 1040. The first-order valence-electron chi connectivity index (χ1n) is 9.35. The number of hydrogen-bond donors (Lipinski definition) is 2. The first kappa shape index (κ1) is 21.3. The van der Waals surface area contributed by atoms with Crippen molar-refractivity contribution in [1.82, 2.24) is 4.98 Å². The highest BCUT2D eigenvalue weighted by Gasteiger charge is 2.14. The molecular formula is C22H23N3O4S. The van der Waals surface area contributed by atoms with Gasteiger partial charge in [-0.15, -0.1) is 11.3 Å². The minimum absolute atomic E-state index is 0.108. The molecule has 2 N–H and O–H groups in total. The first-order valence-corrected chi connectivity index (χ1v) is 10.2. The summed E-state index contributed by atoms with van der Waals surface area (Å²) in [6.45, 7) is 5.37. The molecule has 0 spiro atoms. The van der Waals surface area contributed by atoms with Gasteiger partial charge in [-0.05, 0) is 50.2 Å². The Morgan fingerprint density at radius 2 is 1.80 bits per heavy atom. The number of carbonyl (C=O) groups excluding carboxylic acids is 2. The Hall–Kier alpha value is -3.39. The van der Waals surface area contributed by atoms with Crippen LogP contribution in [0.15, 0.2) is 47.8 Å². The van der Waals surface area contributed by atoms with E-state index in [1.807, 2.05) is 38.1 Å². The maximum Gasteiger partial charge on any atom is 0.275 e. The molecule has 0 saturated carbocycles. The van der Waals surface area contributed by atoms with Crippen molar-refractivity contribution in [2.45, 2.75) is 26.9 Å². The van der Waals surface area contributed by atoms with Gasteiger partial charge in [0.05, 0.1) is 18.9 Å². The molecule has 0 atom stereocenters. The number of aromatic nitrogens is 1. The van der Waals surface area contributed by atoms with E-state index in [9.17, 15) is 9.59 Å². The van der Waals surface area contributed by atoms with E-state index in [2.05, 4.69) is 15.6 Å². The molecule has 2 aromatic carbocycles. The molecule has 0 unspecified atom stereocenters. The number of ether oxygens (including phenoxy) is 2. The van der Waals surface area contributed by atoms with E-state index in [1.165, 1.54) is 25.4 Å². The van der Waals surface area contributed by atoms with Gasteiger partial charge in [0.1, 0.15) is 22.2 Å². The molecular weight excluding hydrogens is 402 g/mol. The average Bonchev–Trinajstić information content (AvgIpc) is 3.19. The third kappa shape index (κ3) is 5.36. The van der Waals surface area contributed by atoms with Gasteiger partial charge in [0, 0.05) is 29.6 Å². The second-order valence-corrected chi connectivity index (χ2v) is 7.64. The van der Waals surface area contributed by atoms with Gasteiger partial charge in [0.15, 0.2) is 0 Å². The van der Waals surface area contributed by atoms with Crippen molar-refractivity contribution in [3.8, 4) is 22.1 Å². The zero-order valence-electron chi connectivity index (χ0n) is 17.2. The van der Waals surface area contributed by atoms with Crippen LogP contribution in [-0.4, -0.2) is 30.0 Å². The van der Waals surface area contributed by atoms with Crippen LogP contribution in [-0.2, 0) is 4.79 Å². The van der Waals surface area contributed by atoms with Crippen molar-refractivity contribution in [2.75, 3.05) is 17.7 Å². The fraction of sp³-hybridized carbons (Fsp3) is 0.227. The normalized spacial score (nSPS) is 10.6. The zero-order chi connectivity index (χ0) is 21.7. The average molecular weight is 426 g/mol. The molecule has 30 heavy (non-hydrogen) atoms. The van der Waals surface area contributed by atoms with Crippen molar-refractivity contribution in [3.05, 3.63) is 53.5 Å². The largest absolute Gasteiger partial charge is 0.494 e. The fourth-order valence-electron chi connectivity index (χ4n) is 2.72. The van der Waals surface area contributed by atoms with Crippen LogP contribution in [0.25, 0.3) is 10.6 Å². The molecule has 3 rings (SSSR count). The second kappa shape index (κ2) is 9.41. The van der Waals surface area contributed by atoms with Crippen LogP contribution in [0.5, 0.6) is 11.5 Å². The van der Waals surface area contributed by atoms with E-state index in [4.69, 9.17) is 9.47 Å². The maximum atomic E-state index is 12.6. The second-order valence-electron chi connectivity index (χ2n) is 6.78. The van der Waals surface area contributed by atoms with Crippen LogP contribution in [0.3, 0.4) is 0 Å². The Morgan fingerprint density at radius 1 is 1.07 bits per heavy atom. The number of nitrogens with one attached hydrogen (secondary N) is 2. The Labute approximate surface area is 179 Å². The molecule has 0 aliphatic carbocycles. The number of nitrogens with zero attached hydrogens (tertiary/aromatic N) is 1. The van der Waals surface area contributed by atoms with Crippen molar-refractivity contribution in [3.63, 3.8) is 0 Å². The fourth-order valence-corrected chi connectivity index (χ4v) is 3.52. The van der Waals surface area contributed by atoms with Gasteiger partial charge in [0.2, 0.25) is 5.91 Å². The van der Waals surface area contributed by atoms with Crippen LogP contribution < -0.4 is 20.1 Å². The van der Waals surface area contributed by atoms with Gasteiger partial charge in [-0.25, -0.2) is 4.98 Å².